The average Bonchev–Trinajstić information content (AvgIpc) is 2.37. The summed E-state index contributed by atoms with van der Waals surface area (Å²) in [5.41, 5.74) is 1.24. The van der Waals surface area contributed by atoms with Crippen LogP contribution in [0.1, 0.15) is 26.3 Å². The number of nitrogens with zero attached hydrogens (tertiary/aromatic N) is 2. The molecule has 1 aromatic carbocycles. The van der Waals surface area contributed by atoms with Crippen LogP contribution >= 0.6 is 0 Å². The smallest absolute Gasteiger partial charge is 0.123 e. The van der Waals surface area contributed by atoms with Crippen molar-refractivity contribution in [3.8, 4) is 5.75 Å². The molecule has 0 aliphatic carbocycles. The van der Waals surface area contributed by atoms with Crippen LogP contribution in [0.25, 0.3) is 0 Å². The van der Waals surface area contributed by atoms with Crippen LogP contribution < -0.4 is 4.74 Å². The molecule has 106 valence electrons. The first-order chi connectivity index (χ1) is 9.00. The van der Waals surface area contributed by atoms with Crippen molar-refractivity contribution >= 4 is 0 Å². The van der Waals surface area contributed by atoms with Crippen LogP contribution in [0.3, 0.4) is 0 Å². The van der Waals surface area contributed by atoms with Gasteiger partial charge in [-0.05, 0) is 33.5 Å². The van der Waals surface area contributed by atoms with E-state index in [1.807, 2.05) is 12.1 Å². The molecule has 0 bridgehead atoms. The normalized spacial score (nSPS) is 17.6. The van der Waals surface area contributed by atoms with Gasteiger partial charge in [0.2, 0.25) is 0 Å². The largest absolute Gasteiger partial charge is 0.496 e. The monoisotopic (exact) mass is 262 g/mol. The quantitative estimate of drug-likeness (QED) is 0.811. The van der Waals surface area contributed by atoms with Gasteiger partial charge in [-0.15, -0.1) is 0 Å². The Labute approximate surface area is 117 Å². The summed E-state index contributed by atoms with van der Waals surface area (Å²) in [5, 5.41) is 0. The highest BCUT2D eigenvalue weighted by molar-refractivity contribution is 5.38. The number of likely N-dealkylation sites (tertiary alicyclic amines) is 1. The first kappa shape index (κ1) is 14.4. The van der Waals surface area contributed by atoms with Gasteiger partial charge in [-0.2, -0.15) is 0 Å². The van der Waals surface area contributed by atoms with Gasteiger partial charge >= 0.3 is 0 Å². The van der Waals surface area contributed by atoms with Crippen molar-refractivity contribution in [1.82, 2.24) is 9.80 Å². The van der Waals surface area contributed by atoms with Gasteiger partial charge in [-0.1, -0.05) is 25.1 Å². The number of likely N-dealkylation sites (N-methyl/N-ethyl adjacent to an activating group) is 2. The Morgan fingerprint density at radius 3 is 2.53 bits per heavy atom. The van der Waals surface area contributed by atoms with Gasteiger partial charge in [-0.3, -0.25) is 4.90 Å². The van der Waals surface area contributed by atoms with Crippen molar-refractivity contribution in [2.75, 3.05) is 33.8 Å². The number of hydrogen-bond acceptors (Lipinski definition) is 3. The molecule has 1 heterocycles. The second-order valence-corrected chi connectivity index (χ2v) is 5.88. The van der Waals surface area contributed by atoms with Crippen LogP contribution in [-0.4, -0.2) is 49.6 Å². The van der Waals surface area contributed by atoms with Gasteiger partial charge in [0.05, 0.1) is 7.11 Å². The lowest BCUT2D eigenvalue weighted by Crippen LogP contribution is -2.61. The van der Waals surface area contributed by atoms with Crippen molar-refractivity contribution < 1.29 is 4.74 Å². The van der Waals surface area contributed by atoms with Crippen molar-refractivity contribution in [2.45, 2.75) is 32.4 Å². The van der Waals surface area contributed by atoms with Crippen LogP contribution in [0.5, 0.6) is 5.75 Å². The van der Waals surface area contributed by atoms with Gasteiger partial charge in [0.25, 0.3) is 0 Å². The van der Waals surface area contributed by atoms with Crippen LogP contribution in [0.15, 0.2) is 24.3 Å². The third-order valence-corrected chi connectivity index (χ3v) is 4.58. The minimum Gasteiger partial charge on any atom is -0.496 e. The number of hydrogen-bond donors (Lipinski definition) is 0. The maximum atomic E-state index is 5.52. The highest BCUT2D eigenvalue weighted by Crippen LogP contribution is 2.36. The summed E-state index contributed by atoms with van der Waals surface area (Å²) in [6.07, 6.45) is 0. The molecule has 0 saturated carbocycles. The number of ether oxygens (including phenoxy) is 1. The van der Waals surface area contributed by atoms with Gasteiger partial charge in [0, 0.05) is 30.2 Å². The lowest BCUT2D eigenvalue weighted by molar-refractivity contribution is -0.00464. The molecule has 1 saturated heterocycles. The first-order valence-electron chi connectivity index (χ1n) is 7.09. The number of rotatable bonds is 5. The minimum atomic E-state index is -0.0168. The highest BCUT2D eigenvalue weighted by Gasteiger charge is 2.38. The van der Waals surface area contributed by atoms with Crippen molar-refractivity contribution in [2.24, 2.45) is 0 Å². The van der Waals surface area contributed by atoms with E-state index in [2.05, 4.69) is 49.8 Å². The van der Waals surface area contributed by atoms with E-state index in [-0.39, 0.29) is 5.54 Å². The second-order valence-electron chi connectivity index (χ2n) is 5.88. The van der Waals surface area contributed by atoms with Crippen LogP contribution in [0, 0.1) is 0 Å². The third-order valence-electron chi connectivity index (χ3n) is 4.58. The maximum Gasteiger partial charge on any atom is 0.123 e. The third kappa shape index (κ3) is 2.63. The summed E-state index contributed by atoms with van der Waals surface area (Å²) in [6.45, 7) is 10.3. The number of benzene rings is 1. The lowest BCUT2D eigenvalue weighted by atomic mass is 9.89. The first-order valence-corrected chi connectivity index (χ1v) is 7.09. The molecule has 0 radical (unpaired) electrons. The van der Waals surface area contributed by atoms with Crippen LogP contribution in [0.4, 0.5) is 0 Å². The predicted molar refractivity (Wildman–Crippen MR) is 79.7 cm³/mol. The molecule has 3 nitrogen and oxygen atoms in total. The Hall–Kier alpha value is -1.06. The van der Waals surface area contributed by atoms with E-state index in [1.54, 1.807) is 7.11 Å². The van der Waals surface area contributed by atoms with Gasteiger partial charge in [-0.25, -0.2) is 0 Å². The molecule has 1 aromatic rings. The average molecular weight is 262 g/mol. The molecule has 1 aliphatic heterocycles. The molecule has 1 fully saturated rings. The van der Waals surface area contributed by atoms with Crippen molar-refractivity contribution in [3.05, 3.63) is 29.8 Å². The number of para-hydroxylation sites is 1. The fourth-order valence-electron chi connectivity index (χ4n) is 2.84. The number of methoxy groups -OCH3 is 1. The summed E-state index contributed by atoms with van der Waals surface area (Å²) in [4.78, 5) is 4.95. The minimum absolute atomic E-state index is 0.0168. The molecule has 2 rings (SSSR count). The zero-order chi connectivity index (χ0) is 14.0. The maximum absolute atomic E-state index is 5.52. The molecule has 0 N–H and O–H groups in total. The Kier molecular flexibility index (Phi) is 4.16. The molecular formula is C16H26N2O. The van der Waals surface area contributed by atoms with Gasteiger partial charge < -0.3 is 9.64 Å². The van der Waals surface area contributed by atoms with Crippen LogP contribution in [-0.2, 0) is 5.54 Å². The van der Waals surface area contributed by atoms with E-state index in [9.17, 15) is 0 Å². The van der Waals surface area contributed by atoms with E-state index < -0.39 is 0 Å². The van der Waals surface area contributed by atoms with Gasteiger partial charge in [0.1, 0.15) is 5.75 Å². The van der Waals surface area contributed by atoms with E-state index >= 15 is 0 Å². The molecule has 0 spiro atoms. The molecule has 0 amide bonds. The van der Waals surface area contributed by atoms with Crippen LogP contribution in [0.2, 0.25) is 0 Å². The van der Waals surface area contributed by atoms with E-state index in [1.165, 1.54) is 18.7 Å². The SMILES string of the molecule is CCN1CC(N(C)C(C)(C)c2ccccc2OC)C1. The van der Waals surface area contributed by atoms with E-state index in [4.69, 9.17) is 4.74 Å². The zero-order valence-corrected chi connectivity index (χ0v) is 12.8. The highest BCUT2D eigenvalue weighted by atomic mass is 16.5. The predicted octanol–water partition coefficient (Wildman–Crippen LogP) is 2.57. The lowest BCUT2D eigenvalue weighted by Gasteiger charge is -2.50. The molecule has 1 aliphatic rings. The Morgan fingerprint density at radius 2 is 1.95 bits per heavy atom. The molecule has 19 heavy (non-hydrogen) atoms. The van der Waals surface area contributed by atoms with Crippen molar-refractivity contribution in [1.29, 1.82) is 0 Å². The Balaban J connectivity index is 2.17. The summed E-state index contributed by atoms with van der Waals surface area (Å²) >= 11 is 0. The summed E-state index contributed by atoms with van der Waals surface area (Å²) in [6, 6.07) is 8.97. The molecule has 3 heteroatoms. The standard InChI is InChI=1S/C16H26N2O/c1-6-18-11-13(12-18)17(4)16(2,3)14-9-7-8-10-15(14)19-5/h7-10,13H,6,11-12H2,1-5H3. The van der Waals surface area contributed by atoms with Gasteiger partial charge in [0.15, 0.2) is 0 Å². The molecular weight excluding hydrogens is 236 g/mol. The summed E-state index contributed by atoms with van der Waals surface area (Å²) in [5.74, 6) is 0.978. The molecule has 0 atom stereocenters. The summed E-state index contributed by atoms with van der Waals surface area (Å²) < 4.78 is 5.52. The molecule has 0 unspecified atom stereocenters. The molecule has 0 aromatic heterocycles. The zero-order valence-electron chi connectivity index (χ0n) is 12.8. The second kappa shape index (κ2) is 5.51. The van der Waals surface area contributed by atoms with E-state index in [0.717, 1.165) is 12.3 Å². The topological polar surface area (TPSA) is 15.7 Å². The Morgan fingerprint density at radius 1 is 1.32 bits per heavy atom. The Bertz CT molecular complexity index is 425. The van der Waals surface area contributed by atoms with Crippen molar-refractivity contribution in [3.63, 3.8) is 0 Å². The van der Waals surface area contributed by atoms with E-state index in [0.29, 0.717) is 6.04 Å². The fraction of sp³-hybridized carbons (Fsp3) is 0.625. The summed E-state index contributed by atoms with van der Waals surface area (Å²) in [7, 11) is 3.97. The fourth-order valence-corrected chi connectivity index (χ4v) is 2.84.